The number of aryl methyl sites for hydroxylation is 1. The number of nitrogen functional groups attached to an aromatic ring is 1. The topological polar surface area (TPSA) is 92.5 Å². The van der Waals surface area contributed by atoms with Crippen LogP contribution in [-0.2, 0) is 9.84 Å². The number of rotatable bonds is 3. The number of hydrazine groups is 1. The van der Waals surface area contributed by atoms with E-state index >= 15 is 0 Å². The summed E-state index contributed by atoms with van der Waals surface area (Å²) in [5, 5.41) is -0.754. The van der Waals surface area contributed by atoms with Gasteiger partial charge in [-0.25, -0.2) is 8.42 Å². The van der Waals surface area contributed by atoms with Gasteiger partial charge in [-0.3, -0.25) is 10.6 Å². The van der Waals surface area contributed by atoms with Crippen molar-refractivity contribution in [2.24, 2.45) is 5.84 Å². The summed E-state index contributed by atoms with van der Waals surface area (Å²) in [6, 6.07) is 5.14. The van der Waals surface area contributed by atoms with Gasteiger partial charge in [-0.1, -0.05) is 0 Å². The molecule has 116 valence electrons. The number of sulfone groups is 1. The first kappa shape index (κ1) is 16.1. The van der Waals surface area contributed by atoms with Crippen molar-refractivity contribution in [2.75, 3.05) is 29.7 Å². The summed E-state index contributed by atoms with van der Waals surface area (Å²) in [6.45, 7) is 2.25. The highest BCUT2D eigenvalue weighted by Gasteiger charge is 2.34. The van der Waals surface area contributed by atoms with Crippen LogP contribution in [0.3, 0.4) is 0 Å². The minimum atomic E-state index is -3.30. The number of hydrogen-bond donors (Lipinski definition) is 2. The second kappa shape index (κ2) is 6.25. The van der Waals surface area contributed by atoms with Crippen molar-refractivity contribution in [3.05, 3.63) is 29.3 Å². The van der Waals surface area contributed by atoms with E-state index in [1.165, 1.54) is 11.2 Å². The van der Waals surface area contributed by atoms with E-state index in [2.05, 4.69) is 5.43 Å². The monoisotopic (exact) mass is 329 g/mol. The molecular weight excluding hydrogens is 310 g/mol. The van der Waals surface area contributed by atoms with Crippen molar-refractivity contribution in [1.29, 1.82) is 0 Å². The fraction of sp³-hybridized carbons (Fsp3) is 0.462. The Morgan fingerprint density at radius 2 is 2.19 bits per heavy atom. The third kappa shape index (κ3) is 3.50. The summed E-state index contributed by atoms with van der Waals surface area (Å²) in [5.41, 5.74) is 4.50. The molecule has 1 saturated heterocycles. The average molecular weight is 329 g/mol. The number of benzene rings is 1. The van der Waals surface area contributed by atoms with Crippen molar-refractivity contribution >= 4 is 33.2 Å². The Hall–Kier alpha value is -1.25. The minimum Gasteiger partial charge on any atom is -0.324 e. The van der Waals surface area contributed by atoms with E-state index in [0.717, 1.165) is 11.3 Å². The molecule has 1 aliphatic heterocycles. The predicted octanol–water partition coefficient (Wildman–Crippen LogP) is 0.840. The van der Waals surface area contributed by atoms with Crippen LogP contribution in [0.1, 0.15) is 15.9 Å². The maximum absolute atomic E-state index is 12.7. The number of nitrogens with one attached hydrogen (secondary N) is 1. The lowest BCUT2D eigenvalue weighted by Gasteiger charge is -2.34. The molecule has 0 spiro atoms. The standard InChI is InChI=1S/C13H19N3O3S2/c1-9-7-10(15-14)3-4-11(9)13(17)16-5-6-20-8-12(16)21(2,18)19/h3-4,7,12,15H,5-6,8,14H2,1-2H3. The molecule has 1 aliphatic rings. The molecule has 0 aliphatic carbocycles. The zero-order valence-corrected chi connectivity index (χ0v) is 13.6. The summed E-state index contributed by atoms with van der Waals surface area (Å²) in [4.78, 5) is 14.1. The van der Waals surface area contributed by atoms with Crippen molar-refractivity contribution < 1.29 is 13.2 Å². The Morgan fingerprint density at radius 3 is 2.76 bits per heavy atom. The molecule has 0 aromatic heterocycles. The first-order valence-electron chi connectivity index (χ1n) is 6.49. The number of nitrogens with two attached hydrogens (primary N) is 1. The normalized spacial score (nSPS) is 19.4. The summed E-state index contributed by atoms with van der Waals surface area (Å²) >= 11 is 1.56. The lowest BCUT2D eigenvalue weighted by atomic mass is 10.1. The van der Waals surface area contributed by atoms with E-state index in [1.807, 2.05) is 6.92 Å². The smallest absolute Gasteiger partial charge is 0.255 e. The molecule has 6 nitrogen and oxygen atoms in total. The van der Waals surface area contributed by atoms with Gasteiger partial charge in [-0.05, 0) is 30.7 Å². The maximum Gasteiger partial charge on any atom is 0.255 e. The van der Waals surface area contributed by atoms with Gasteiger partial charge < -0.3 is 10.3 Å². The van der Waals surface area contributed by atoms with Gasteiger partial charge in [-0.2, -0.15) is 11.8 Å². The van der Waals surface area contributed by atoms with Crippen molar-refractivity contribution in [2.45, 2.75) is 12.3 Å². The molecule has 1 heterocycles. The van der Waals surface area contributed by atoms with Crippen LogP contribution in [0.2, 0.25) is 0 Å². The van der Waals surface area contributed by atoms with Crippen LogP contribution in [-0.4, -0.2) is 48.9 Å². The Morgan fingerprint density at radius 1 is 1.48 bits per heavy atom. The van der Waals surface area contributed by atoms with Crippen LogP contribution in [0.15, 0.2) is 18.2 Å². The molecule has 0 bridgehead atoms. The number of hydrogen-bond acceptors (Lipinski definition) is 6. The highest BCUT2D eigenvalue weighted by Crippen LogP contribution is 2.24. The Kier molecular flexibility index (Phi) is 4.80. The fourth-order valence-corrected chi connectivity index (χ4v) is 5.13. The molecule has 1 unspecified atom stereocenters. The van der Waals surface area contributed by atoms with Crippen LogP contribution >= 0.6 is 11.8 Å². The SMILES string of the molecule is Cc1cc(NN)ccc1C(=O)N1CCSCC1S(C)(=O)=O. The first-order valence-corrected chi connectivity index (χ1v) is 9.60. The molecule has 1 atom stereocenters. The number of thioether (sulfide) groups is 1. The van der Waals surface area contributed by atoms with Gasteiger partial charge in [0.25, 0.3) is 5.91 Å². The summed E-state index contributed by atoms with van der Waals surface area (Å²) in [6.07, 6.45) is 1.18. The molecule has 3 N–H and O–H groups in total. The highest BCUT2D eigenvalue weighted by molar-refractivity contribution is 8.00. The van der Waals surface area contributed by atoms with Crippen LogP contribution in [0.25, 0.3) is 0 Å². The van der Waals surface area contributed by atoms with Gasteiger partial charge in [0.2, 0.25) is 0 Å². The average Bonchev–Trinajstić information content (AvgIpc) is 2.45. The van der Waals surface area contributed by atoms with Gasteiger partial charge >= 0.3 is 0 Å². The van der Waals surface area contributed by atoms with Crippen LogP contribution < -0.4 is 11.3 Å². The quantitative estimate of drug-likeness (QED) is 0.631. The molecule has 0 radical (unpaired) electrons. The summed E-state index contributed by atoms with van der Waals surface area (Å²) in [7, 11) is -3.30. The number of amides is 1. The van der Waals surface area contributed by atoms with Crippen LogP contribution in [0, 0.1) is 6.92 Å². The lowest BCUT2D eigenvalue weighted by Crippen LogP contribution is -2.50. The van der Waals surface area contributed by atoms with Gasteiger partial charge in [0, 0.05) is 35.6 Å². The van der Waals surface area contributed by atoms with Crippen LogP contribution in [0.5, 0.6) is 0 Å². The molecule has 2 rings (SSSR count). The van der Waals surface area contributed by atoms with Gasteiger partial charge in [0.05, 0.1) is 0 Å². The summed E-state index contributed by atoms with van der Waals surface area (Å²) < 4.78 is 23.8. The van der Waals surface area contributed by atoms with Crippen molar-refractivity contribution in [3.63, 3.8) is 0 Å². The van der Waals surface area contributed by atoms with Crippen molar-refractivity contribution in [1.82, 2.24) is 4.90 Å². The molecule has 21 heavy (non-hydrogen) atoms. The highest BCUT2D eigenvalue weighted by atomic mass is 32.2. The maximum atomic E-state index is 12.7. The third-order valence-corrected chi connectivity index (χ3v) is 6.11. The molecule has 1 amide bonds. The third-order valence-electron chi connectivity index (χ3n) is 3.46. The number of carbonyl (C=O) groups is 1. The van der Waals surface area contributed by atoms with Gasteiger partial charge in [0.1, 0.15) is 5.37 Å². The van der Waals surface area contributed by atoms with Gasteiger partial charge in [0.15, 0.2) is 9.84 Å². The van der Waals surface area contributed by atoms with Crippen molar-refractivity contribution in [3.8, 4) is 0 Å². The number of carbonyl (C=O) groups excluding carboxylic acids is 1. The molecular formula is C13H19N3O3S2. The molecule has 0 saturated carbocycles. The second-order valence-corrected chi connectivity index (χ2v) is 8.38. The first-order chi connectivity index (χ1) is 9.84. The van der Waals surface area contributed by atoms with E-state index in [0.29, 0.717) is 23.5 Å². The minimum absolute atomic E-state index is 0.244. The summed E-state index contributed by atoms with van der Waals surface area (Å²) in [5.74, 6) is 6.27. The van der Waals surface area contributed by atoms with E-state index in [1.54, 1.807) is 30.0 Å². The second-order valence-electron chi connectivity index (χ2n) is 5.03. The number of nitrogens with zero attached hydrogens (tertiary/aromatic N) is 1. The Balaban J connectivity index is 2.33. The van der Waals surface area contributed by atoms with Crippen LogP contribution in [0.4, 0.5) is 5.69 Å². The largest absolute Gasteiger partial charge is 0.324 e. The molecule has 1 aromatic rings. The zero-order chi connectivity index (χ0) is 15.6. The van der Waals surface area contributed by atoms with E-state index in [9.17, 15) is 13.2 Å². The molecule has 1 aromatic carbocycles. The van der Waals surface area contributed by atoms with E-state index < -0.39 is 15.2 Å². The Bertz CT molecular complexity index is 646. The zero-order valence-electron chi connectivity index (χ0n) is 12.0. The Labute approximate surface area is 129 Å². The lowest BCUT2D eigenvalue weighted by molar-refractivity contribution is 0.0749. The predicted molar refractivity (Wildman–Crippen MR) is 86.0 cm³/mol. The van der Waals surface area contributed by atoms with E-state index in [-0.39, 0.29) is 5.91 Å². The van der Waals surface area contributed by atoms with Gasteiger partial charge in [-0.15, -0.1) is 0 Å². The molecule has 1 fully saturated rings. The van der Waals surface area contributed by atoms with E-state index in [4.69, 9.17) is 5.84 Å². The fourth-order valence-electron chi connectivity index (χ4n) is 2.32. The number of anilines is 1. The molecule has 8 heteroatoms.